The SMILES string of the molecule is Cc1[nH]ncc1CNCCOC1CCC(NC(=O)OC(C)(C)C)CC1. The number of aryl methyl sites for hydroxylation is 1. The number of rotatable bonds is 7. The molecule has 7 heteroatoms. The lowest BCUT2D eigenvalue weighted by Crippen LogP contribution is -2.42. The molecule has 1 saturated carbocycles. The van der Waals surface area contributed by atoms with E-state index in [2.05, 4.69) is 20.8 Å². The van der Waals surface area contributed by atoms with Crippen molar-refractivity contribution in [3.63, 3.8) is 0 Å². The van der Waals surface area contributed by atoms with Gasteiger partial charge in [-0.15, -0.1) is 0 Å². The summed E-state index contributed by atoms with van der Waals surface area (Å²) in [6.45, 7) is 9.96. The number of carbonyl (C=O) groups excluding carboxylic acids is 1. The molecule has 0 aliphatic heterocycles. The first kappa shape index (κ1) is 19.7. The number of hydrogen-bond donors (Lipinski definition) is 3. The number of ether oxygens (including phenoxy) is 2. The molecule has 1 aromatic heterocycles. The highest BCUT2D eigenvalue weighted by Crippen LogP contribution is 2.21. The summed E-state index contributed by atoms with van der Waals surface area (Å²) in [6, 6.07) is 0.192. The maximum Gasteiger partial charge on any atom is 0.407 e. The third-order valence-corrected chi connectivity index (χ3v) is 4.28. The van der Waals surface area contributed by atoms with Crippen molar-refractivity contribution in [3.8, 4) is 0 Å². The van der Waals surface area contributed by atoms with E-state index in [1.165, 1.54) is 5.56 Å². The molecule has 0 unspecified atom stereocenters. The van der Waals surface area contributed by atoms with Crippen molar-refractivity contribution in [1.29, 1.82) is 0 Å². The van der Waals surface area contributed by atoms with Crippen LogP contribution in [0, 0.1) is 6.92 Å². The largest absolute Gasteiger partial charge is 0.444 e. The van der Waals surface area contributed by atoms with E-state index in [0.717, 1.165) is 44.5 Å². The topological polar surface area (TPSA) is 88.3 Å². The maximum atomic E-state index is 11.8. The number of aromatic amines is 1. The Labute approximate surface area is 150 Å². The van der Waals surface area contributed by atoms with Gasteiger partial charge in [0.15, 0.2) is 0 Å². The van der Waals surface area contributed by atoms with E-state index in [4.69, 9.17) is 9.47 Å². The van der Waals surface area contributed by atoms with Gasteiger partial charge in [-0.2, -0.15) is 5.10 Å². The standard InChI is InChI=1S/C18H32N4O3/c1-13-14(12-20-22-13)11-19-9-10-24-16-7-5-15(6-8-16)21-17(23)25-18(2,3)4/h12,15-16,19H,5-11H2,1-4H3,(H,20,22)(H,21,23). The van der Waals surface area contributed by atoms with Crippen molar-refractivity contribution in [1.82, 2.24) is 20.8 Å². The molecule has 7 nitrogen and oxygen atoms in total. The number of H-pyrrole nitrogens is 1. The third-order valence-electron chi connectivity index (χ3n) is 4.28. The van der Waals surface area contributed by atoms with E-state index in [1.807, 2.05) is 33.9 Å². The fraction of sp³-hybridized carbons (Fsp3) is 0.778. The molecule has 3 N–H and O–H groups in total. The third kappa shape index (κ3) is 7.44. The van der Waals surface area contributed by atoms with Gasteiger partial charge in [-0.05, 0) is 53.4 Å². The fourth-order valence-electron chi connectivity index (χ4n) is 2.92. The molecular formula is C18H32N4O3. The van der Waals surface area contributed by atoms with E-state index >= 15 is 0 Å². The molecule has 1 fully saturated rings. The summed E-state index contributed by atoms with van der Waals surface area (Å²) in [5.41, 5.74) is 1.84. The van der Waals surface area contributed by atoms with Crippen LogP contribution in [0.3, 0.4) is 0 Å². The highest BCUT2D eigenvalue weighted by atomic mass is 16.6. The van der Waals surface area contributed by atoms with Crippen molar-refractivity contribution in [2.24, 2.45) is 0 Å². The first-order valence-electron chi connectivity index (χ1n) is 9.14. The van der Waals surface area contributed by atoms with E-state index in [-0.39, 0.29) is 18.2 Å². The number of alkyl carbamates (subject to hydrolysis) is 1. The Kier molecular flexibility index (Phi) is 7.25. The summed E-state index contributed by atoms with van der Waals surface area (Å²) in [4.78, 5) is 11.8. The first-order chi connectivity index (χ1) is 11.8. The first-order valence-corrected chi connectivity index (χ1v) is 9.14. The van der Waals surface area contributed by atoms with Crippen LogP contribution in [0.4, 0.5) is 4.79 Å². The molecule has 0 spiro atoms. The predicted molar refractivity (Wildman–Crippen MR) is 96.4 cm³/mol. The number of amides is 1. The van der Waals surface area contributed by atoms with Gasteiger partial charge < -0.3 is 20.1 Å². The number of hydrogen-bond acceptors (Lipinski definition) is 5. The van der Waals surface area contributed by atoms with Crippen LogP contribution in [0.5, 0.6) is 0 Å². The van der Waals surface area contributed by atoms with Crippen molar-refractivity contribution in [2.75, 3.05) is 13.2 Å². The smallest absolute Gasteiger partial charge is 0.407 e. The monoisotopic (exact) mass is 352 g/mol. The average Bonchev–Trinajstić information content (AvgIpc) is 2.92. The van der Waals surface area contributed by atoms with E-state index in [1.54, 1.807) is 0 Å². The van der Waals surface area contributed by atoms with E-state index < -0.39 is 5.60 Å². The molecule has 0 atom stereocenters. The summed E-state index contributed by atoms with van der Waals surface area (Å²) in [5, 5.41) is 13.3. The Hall–Kier alpha value is -1.60. The van der Waals surface area contributed by atoms with Gasteiger partial charge in [0.25, 0.3) is 0 Å². The quantitative estimate of drug-likeness (QED) is 0.657. The van der Waals surface area contributed by atoms with Gasteiger partial charge in [-0.25, -0.2) is 4.79 Å². The summed E-state index contributed by atoms with van der Waals surface area (Å²) >= 11 is 0. The van der Waals surface area contributed by atoms with Crippen LogP contribution in [-0.4, -0.2) is 47.2 Å². The van der Waals surface area contributed by atoms with Crippen LogP contribution in [0.25, 0.3) is 0 Å². The predicted octanol–water partition coefficient (Wildman–Crippen LogP) is 2.66. The summed E-state index contributed by atoms with van der Waals surface area (Å²) in [7, 11) is 0. The average molecular weight is 352 g/mol. The molecule has 0 aromatic carbocycles. The zero-order valence-electron chi connectivity index (χ0n) is 15.9. The van der Waals surface area contributed by atoms with Gasteiger partial charge in [0.1, 0.15) is 5.60 Å². The lowest BCUT2D eigenvalue weighted by atomic mass is 9.93. The maximum absolute atomic E-state index is 11.8. The molecule has 25 heavy (non-hydrogen) atoms. The van der Waals surface area contributed by atoms with Gasteiger partial charge in [0, 0.05) is 30.4 Å². The molecule has 1 aliphatic carbocycles. The Balaban J connectivity index is 1.53. The lowest BCUT2D eigenvalue weighted by molar-refractivity contribution is 0.0193. The van der Waals surface area contributed by atoms with Crippen LogP contribution >= 0.6 is 0 Å². The summed E-state index contributed by atoms with van der Waals surface area (Å²) in [5.74, 6) is 0. The Morgan fingerprint density at radius 3 is 2.64 bits per heavy atom. The van der Waals surface area contributed by atoms with Crippen LogP contribution in [0.2, 0.25) is 0 Å². The van der Waals surface area contributed by atoms with Crippen LogP contribution in [-0.2, 0) is 16.0 Å². The normalized spacial score (nSPS) is 21.1. The molecule has 0 bridgehead atoms. The van der Waals surface area contributed by atoms with Crippen LogP contribution in [0.1, 0.15) is 57.7 Å². The van der Waals surface area contributed by atoms with Crippen molar-refractivity contribution >= 4 is 6.09 Å². The Morgan fingerprint density at radius 1 is 1.32 bits per heavy atom. The fourth-order valence-corrected chi connectivity index (χ4v) is 2.92. The van der Waals surface area contributed by atoms with Gasteiger partial charge in [-0.3, -0.25) is 5.10 Å². The van der Waals surface area contributed by atoms with Gasteiger partial charge in [-0.1, -0.05) is 0 Å². The molecular weight excluding hydrogens is 320 g/mol. The van der Waals surface area contributed by atoms with Crippen molar-refractivity contribution in [3.05, 3.63) is 17.5 Å². The van der Waals surface area contributed by atoms with Crippen LogP contribution in [0.15, 0.2) is 6.20 Å². The minimum atomic E-state index is -0.452. The van der Waals surface area contributed by atoms with Gasteiger partial charge in [0.05, 0.1) is 18.9 Å². The molecule has 2 rings (SSSR count). The van der Waals surface area contributed by atoms with E-state index in [9.17, 15) is 4.79 Å². The summed E-state index contributed by atoms with van der Waals surface area (Å²) in [6.07, 6.45) is 5.63. The lowest BCUT2D eigenvalue weighted by Gasteiger charge is -2.30. The minimum absolute atomic E-state index is 0.192. The summed E-state index contributed by atoms with van der Waals surface area (Å²) < 4.78 is 11.2. The highest BCUT2D eigenvalue weighted by molar-refractivity contribution is 5.68. The molecule has 1 aliphatic rings. The number of nitrogens with zero attached hydrogens (tertiary/aromatic N) is 1. The van der Waals surface area contributed by atoms with Gasteiger partial charge >= 0.3 is 6.09 Å². The van der Waals surface area contributed by atoms with Crippen LogP contribution < -0.4 is 10.6 Å². The second kappa shape index (κ2) is 9.20. The molecule has 142 valence electrons. The number of carbonyl (C=O) groups is 1. The van der Waals surface area contributed by atoms with Gasteiger partial charge in [0.2, 0.25) is 0 Å². The molecule has 0 radical (unpaired) electrons. The molecule has 0 saturated heterocycles. The highest BCUT2D eigenvalue weighted by Gasteiger charge is 2.24. The van der Waals surface area contributed by atoms with Crippen molar-refractivity contribution in [2.45, 2.75) is 77.7 Å². The van der Waals surface area contributed by atoms with E-state index in [0.29, 0.717) is 6.61 Å². The molecule has 1 heterocycles. The second-order valence-electron chi connectivity index (χ2n) is 7.69. The molecule has 1 aromatic rings. The van der Waals surface area contributed by atoms with Crippen molar-refractivity contribution < 1.29 is 14.3 Å². The zero-order valence-corrected chi connectivity index (χ0v) is 15.9. The zero-order chi connectivity index (χ0) is 18.3. The Morgan fingerprint density at radius 2 is 2.04 bits per heavy atom. The second-order valence-corrected chi connectivity index (χ2v) is 7.69. The molecule has 1 amide bonds. The number of aromatic nitrogens is 2. The minimum Gasteiger partial charge on any atom is -0.444 e. The number of nitrogens with one attached hydrogen (secondary N) is 3. The Bertz CT molecular complexity index is 531.